The van der Waals surface area contributed by atoms with E-state index in [1.807, 2.05) is 6.07 Å². The molecule has 0 saturated carbocycles. The minimum absolute atomic E-state index is 0.0432. The quantitative estimate of drug-likeness (QED) is 0.794. The number of methoxy groups -OCH3 is 1. The van der Waals surface area contributed by atoms with E-state index >= 15 is 0 Å². The van der Waals surface area contributed by atoms with Crippen molar-refractivity contribution >= 4 is 22.5 Å². The monoisotopic (exact) mass is 223 g/mol. The smallest absolute Gasteiger partial charge is 0.189 e. The molecule has 2 aromatic rings. The number of pyridine rings is 1. The van der Waals surface area contributed by atoms with Crippen LogP contribution in [0, 0.1) is 0 Å². The standard InChI is InChI=1S/C11H10ClNO2/c1-15-8-2-3-10-9(5-8)11(14)4-7(6-12)13-10/h2-5H,6H2,1H3,(H,13,14). The van der Waals surface area contributed by atoms with Gasteiger partial charge in [0.15, 0.2) is 5.43 Å². The van der Waals surface area contributed by atoms with Crippen LogP contribution in [0.2, 0.25) is 0 Å². The van der Waals surface area contributed by atoms with Crippen molar-refractivity contribution in [2.45, 2.75) is 5.88 Å². The first kappa shape index (κ1) is 10.1. The number of hydrogen-bond donors (Lipinski definition) is 1. The molecule has 1 heterocycles. The summed E-state index contributed by atoms with van der Waals surface area (Å²) in [6.45, 7) is 0. The van der Waals surface area contributed by atoms with Crippen molar-refractivity contribution in [3.8, 4) is 5.75 Å². The number of aromatic nitrogens is 1. The number of hydrogen-bond acceptors (Lipinski definition) is 2. The molecule has 4 heteroatoms. The molecule has 0 aliphatic heterocycles. The zero-order valence-corrected chi connectivity index (χ0v) is 8.97. The Hall–Kier alpha value is -1.48. The average molecular weight is 224 g/mol. The molecule has 15 heavy (non-hydrogen) atoms. The van der Waals surface area contributed by atoms with Gasteiger partial charge < -0.3 is 9.72 Å². The number of halogens is 1. The third-order valence-corrected chi connectivity index (χ3v) is 2.52. The number of nitrogens with one attached hydrogen (secondary N) is 1. The lowest BCUT2D eigenvalue weighted by atomic mass is 10.2. The second-order valence-corrected chi connectivity index (χ2v) is 3.47. The number of rotatable bonds is 2. The molecule has 0 radical (unpaired) electrons. The lowest BCUT2D eigenvalue weighted by molar-refractivity contribution is 0.415. The predicted molar refractivity (Wildman–Crippen MR) is 60.7 cm³/mol. The number of H-pyrrole nitrogens is 1. The van der Waals surface area contributed by atoms with Crippen LogP contribution in [0.15, 0.2) is 29.1 Å². The fraction of sp³-hybridized carbons (Fsp3) is 0.182. The Morgan fingerprint density at radius 3 is 2.87 bits per heavy atom. The summed E-state index contributed by atoms with van der Waals surface area (Å²) in [5.74, 6) is 0.976. The first-order valence-corrected chi connectivity index (χ1v) is 5.04. The summed E-state index contributed by atoms with van der Waals surface area (Å²) in [5, 5.41) is 0.614. The van der Waals surface area contributed by atoms with Crippen LogP contribution in [0.5, 0.6) is 5.75 Å². The molecule has 0 spiro atoms. The zero-order valence-electron chi connectivity index (χ0n) is 8.21. The van der Waals surface area contributed by atoms with Crippen molar-refractivity contribution in [3.05, 3.63) is 40.2 Å². The van der Waals surface area contributed by atoms with Gasteiger partial charge in [-0.3, -0.25) is 4.79 Å². The highest BCUT2D eigenvalue weighted by Crippen LogP contribution is 2.16. The maximum Gasteiger partial charge on any atom is 0.189 e. The number of aromatic amines is 1. The number of ether oxygens (including phenoxy) is 1. The molecule has 0 atom stereocenters. The van der Waals surface area contributed by atoms with Gasteiger partial charge in [0.1, 0.15) is 5.75 Å². The first-order chi connectivity index (χ1) is 7.24. The Morgan fingerprint density at radius 1 is 1.40 bits per heavy atom. The summed E-state index contributed by atoms with van der Waals surface area (Å²) in [5.41, 5.74) is 1.46. The molecule has 1 N–H and O–H groups in total. The number of benzene rings is 1. The summed E-state index contributed by atoms with van der Waals surface area (Å²) in [7, 11) is 1.57. The van der Waals surface area contributed by atoms with E-state index in [-0.39, 0.29) is 5.43 Å². The summed E-state index contributed by atoms with van der Waals surface area (Å²) < 4.78 is 5.06. The van der Waals surface area contributed by atoms with E-state index in [1.165, 1.54) is 6.07 Å². The molecule has 1 aromatic heterocycles. The molecular formula is C11H10ClNO2. The van der Waals surface area contributed by atoms with Gasteiger partial charge in [-0.1, -0.05) is 0 Å². The van der Waals surface area contributed by atoms with Crippen molar-refractivity contribution in [2.75, 3.05) is 7.11 Å². The van der Waals surface area contributed by atoms with E-state index in [2.05, 4.69) is 4.98 Å². The van der Waals surface area contributed by atoms with Gasteiger partial charge in [-0.2, -0.15) is 0 Å². The highest BCUT2D eigenvalue weighted by molar-refractivity contribution is 6.16. The van der Waals surface area contributed by atoms with Gasteiger partial charge in [-0.25, -0.2) is 0 Å². The number of fused-ring (bicyclic) bond motifs is 1. The van der Waals surface area contributed by atoms with E-state index in [0.717, 1.165) is 11.2 Å². The van der Waals surface area contributed by atoms with Crippen molar-refractivity contribution in [2.24, 2.45) is 0 Å². The molecule has 2 rings (SSSR count). The Kier molecular flexibility index (Phi) is 2.64. The summed E-state index contributed by atoms with van der Waals surface area (Å²) in [4.78, 5) is 14.8. The Labute approximate surface area is 91.6 Å². The average Bonchev–Trinajstić information content (AvgIpc) is 2.28. The molecular weight excluding hydrogens is 214 g/mol. The largest absolute Gasteiger partial charge is 0.497 e. The summed E-state index contributed by atoms with van der Waals surface area (Å²) >= 11 is 5.66. The van der Waals surface area contributed by atoms with Crippen molar-refractivity contribution in [1.29, 1.82) is 0 Å². The molecule has 1 aromatic carbocycles. The summed E-state index contributed by atoms with van der Waals surface area (Å²) in [6.07, 6.45) is 0. The first-order valence-electron chi connectivity index (χ1n) is 4.50. The SMILES string of the molecule is COc1ccc2[nH]c(CCl)cc(=O)c2c1. The van der Waals surface area contributed by atoms with Crippen LogP contribution < -0.4 is 10.2 Å². The third kappa shape index (κ3) is 1.83. The number of alkyl halides is 1. The van der Waals surface area contributed by atoms with Crippen LogP contribution in [0.25, 0.3) is 10.9 Å². The highest BCUT2D eigenvalue weighted by atomic mass is 35.5. The van der Waals surface area contributed by atoms with Gasteiger partial charge >= 0.3 is 0 Å². The van der Waals surface area contributed by atoms with Crippen LogP contribution in [-0.4, -0.2) is 12.1 Å². The lowest BCUT2D eigenvalue weighted by Gasteiger charge is -2.03. The zero-order chi connectivity index (χ0) is 10.8. The molecule has 0 bridgehead atoms. The van der Waals surface area contributed by atoms with E-state index in [1.54, 1.807) is 19.2 Å². The lowest BCUT2D eigenvalue weighted by Crippen LogP contribution is -2.04. The van der Waals surface area contributed by atoms with Crippen LogP contribution in [0.1, 0.15) is 5.69 Å². The minimum atomic E-state index is -0.0432. The van der Waals surface area contributed by atoms with Gasteiger partial charge in [0, 0.05) is 22.7 Å². The fourth-order valence-electron chi connectivity index (χ4n) is 1.48. The van der Waals surface area contributed by atoms with Gasteiger partial charge in [0.25, 0.3) is 0 Å². The second-order valence-electron chi connectivity index (χ2n) is 3.20. The molecule has 0 aliphatic carbocycles. The normalized spacial score (nSPS) is 10.5. The molecule has 0 aliphatic rings. The van der Waals surface area contributed by atoms with Crippen molar-refractivity contribution in [1.82, 2.24) is 4.98 Å². The minimum Gasteiger partial charge on any atom is -0.497 e. The van der Waals surface area contributed by atoms with Crippen LogP contribution in [0.4, 0.5) is 0 Å². The summed E-state index contributed by atoms with van der Waals surface area (Å²) in [6, 6.07) is 6.84. The van der Waals surface area contributed by atoms with Gasteiger partial charge in [-0.15, -0.1) is 11.6 Å². The molecule has 0 unspecified atom stereocenters. The van der Waals surface area contributed by atoms with Crippen LogP contribution >= 0.6 is 11.6 Å². The Morgan fingerprint density at radius 2 is 2.20 bits per heavy atom. The molecule has 78 valence electrons. The topological polar surface area (TPSA) is 42.1 Å². The molecule has 0 saturated heterocycles. The van der Waals surface area contributed by atoms with Crippen molar-refractivity contribution < 1.29 is 4.74 Å². The highest BCUT2D eigenvalue weighted by Gasteiger charge is 2.02. The molecule has 0 fully saturated rings. The maximum absolute atomic E-state index is 11.7. The molecule has 0 amide bonds. The van der Waals surface area contributed by atoms with E-state index < -0.39 is 0 Å². The van der Waals surface area contributed by atoms with E-state index in [4.69, 9.17) is 16.3 Å². The van der Waals surface area contributed by atoms with Crippen LogP contribution in [-0.2, 0) is 5.88 Å². The maximum atomic E-state index is 11.7. The second kappa shape index (κ2) is 3.95. The van der Waals surface area contributed by atoms with Crippen LogP contribution in [0.3, 0.4) is 0 Å². The van der Waals surface area contributed by atoms with E-state index in [9.17, 15) is 4.79 Å². The van der Waals surface area contributed by atoms with Gasteiger partial charge in [-0.05, 0) is 18.2 Å². The Balaban J connectivity index is 2.74. The fourth-order valence-corrected chi connectivity index (χ4v) is 1.62. The predicted octanol–water partition coefficient (Wildman–Crippen LogP) is 2.28. The molecule has 3 nitrogen and oxygen atoms in total. The van der Waals surface area contributed by atoms with Crippen molar-refractivity contribution in [3.63, 3.8) is 0 Å². The Bertz CT molecular complexity index is 548. The third-order valence-electron chi connectivity index (χ3n) is 2.24. The van der Waals surface area contributed by atoms with Gasteiger partial charge in [0.2, 0.25) is 0 Å². The van der Waals surface area contributed by atoms with E-state index in [0.29, 0.717) is 17.0 Å². The van der Waals surface area contributed by atoms with Gasteiger partial charge in [0.05, 0.1) is 13.0 Å².